The number of hydrogen-bond donors (Lipinski definition) is 2. The van der Waals surface area contributed by atoms with Crippen LogP contribution in [0, 0.1) is 0 Å². The Balaban J connectivity index is 2.57. The summed E-state index contributed by atoms with van der Waals surface area (Å²) in [5.74, 6) is -0.872. The standard InChI is InChI=1S/C9H16N4O3/c1-7-6-9(8(14)15,2-5-16-7)11-3-4-12-13-10/h7,11H,2-6H2,1H3,(H,14,15). The van der Waals surface area contributed by atoms with Gasteiger partial charge in [0.2, 0.25) is 0 Å². The minimum Gasteiger partial charge on any atom is -0.480 e. The second-order valence-electron chi connectivity index (χ2n) is 3.90. The molecule has 0 aliphatic carbocycles. The van der Waals surface area contributed by atoms with Crippen molar-refractivity contribution < 1.29 is 14.6 Å². The molecule has 90 valence electrons. The van der Waals surface area contributed by atoms with Crippen molar-refractivity contribution >= 4 is 5.97 Å². The number of hydrogen-bond acceptors (Lipinski definition) is 4. The molecule has 0 amide bonds. The lowest BCUT2D eigenvalue weighted by Gasteiger charge is -2.37. The van der Waals surface area contributed by atoms with Crippen molar-refractivity contribution in [1.29, 1.82) is 0 Å². The van der Waals surface area contributed by atoms with E-state index in [0.717, 1.165) is 0 Å². The highest BCUT2D eigenvalue weighted by Crippen LogP contribution is 2.25. The molecule has 0 radical (unpaired) electrons. The molecule has 1 aliphatic heterocycles. The largest absolute Gasteiger partial charge is 0.480 e. The lowest BCUT2D eigenvalue weighted by Crippen LogP contribution is -2.57. The Hall–Kier alpha value is -1.30. The molecular formula is C9H16N4O3. The van der Waals surface area contributed by atoms with E-state index in [9.17, 15) is 9.90 Å². The molecule has 1 rings (SSSR count). The SMILES string of the molecule is CC1CC(NCCN=[N+]=[N-])(C(=O)O)CCO1. The average molecular weight is 228 g/mol. The van der Waals surface area contributed by atoms with E-state index in [2.05, 4.69) is 15.3 Å². The lowest BCUT2D eigenvalue weighted by atomic mass is 9.87. The van der Waals surface area contributed by atoms with Gasteiger partial charge in [-0.1, -0.05) is 5.11 Å². The third-order valence-corrected chi connectivity index (χ3v) is 2.71. The van der Waals surface area contributed by atoms with Gasteiger partial charge in [0.25, 0.3) is 0 Å². The Bertz CT molecular complexity index is 303. The first kappa shape index (κ1) is 12.8. The van der Waals surface area contributed by atoms with Crippen LogP contribution in [0.25, 0.3) is 10.4 Å². The van der Waals surface area contributed by atoms with E-state index in [-0.39, 0.29) is 12.6 Å². The van der Waals surface area contributed by atoms with Crippen molar-refractivity contribution in [3.63, 3.8) is 0 Å². The molecule has 2 N–H and O–H groups in total. The summed E-state index contributed by atoms with van der Waals surface area (Å²) in [5, 5.41) is 15.6. The normalized spacial score (nSPS) is 29.4. The van der Waals surface area contributed by atoms with Crippen molar-refractivity contribution in [2.45, 2.75) is 31.4 Å². The summed E-state index contributed by atoms with van der Waals surface area (Å²) in [7, 11) is 0. The molecule has 2 atom stereocenters. The number of carbonyl (C=O) groups is 1. The molecule has 7 heteroatoms. The summed E-state index contributed by atoms with van der Waals surface area (Å²) in [4.78, 5) is 13.9. The zero-order chi connectivity index (χ0) is 12.0. The summed E-state index contributed by atoms with van der Waals surface area (Å²) in [5.41, 5.74) is 7.17. The van der Waals surface area contributed by atoms with Crippen LogP contribution in [0.15, 0.2) is 5.11 Å². The number of carboxylic acids is 1. The van der Waals surface area contributed by atoms with E-state index in [1.54, 1.807) is 0 Å². The van der Waals surface area contributed by atoms with Gasteiger partial charge in [-0.2, -0.15) is 0 Å². The van der Waals surface area contributed by atoms with Crippen molar-refractivity contribution in [3.8, 4) is 0 Å². The maximum atomic E-state index is 11.3. The summed E-state index contributed by atoms with van der Waals surface area (Å²) in [6, 6.07) is 0. The maximum Gasteiger partial charge on any atom is 0.324 e. The number of rotatable bonds is 5. The Morgan fingerprint density at radius 3 is 3.12 bits per heavy atom. The van der Waals surface area contributed by atoms with E-state index in [0.29, 0.717) is 26.0 Å². The molecule has 0 spiro atoms. The fourth-order valence-electron chi connectivity index (χ4n) is 1.91. The summed E-state index contributed by atoms with van der Waals surface area (Å²) >= 11 is 0. The van der Waals surface area contributed by atoms with E-state index >= 15 is 0 Å². The fraction of sp³-hybridized carbons (Fsp3) is 0.889. The average Bonchev–Trinajstić information content (AvgIpc) is 2.24. The molecule has 16 heavy (non-hydrogen) atoms. The first-order valence-electron chi connectivity index (χ1n) is 5.21. The maximum absolute atomic E-state index is 11.3. The highest BCUT2D eigenvalue weighted by Gasteiger charge is 2.41. The summed E-state index contributed by atoms with van der Waals surface area (Å²) in [6.45, 7) is 2.90. The van der Waals surface area contributed by atoms with E-state index in [1.165, 1.54) is 0 Å². The smallest absolute Gasteiger partial charge is 0.324 e. The molecule has 1 saturated heterocycles. The minimum absolute atomic E-state index is 0.0724. The van der Waals surface area contributed by atoms with Crippen LogP contribution in [0.3, 0.4) is 0 Å². The molecule has 0 aromatic carbocycles. The molecule has 1 fully saturated rings. The number of nitrogens with zero attached hydrogens (tertiary/aromatic N) is 3. The Kier molecular flexibility index (Phi) is 4.54. The molecule has 0 bridgehead atoms. The van der Waals surface area contributed by atoms with Gasteiger partial charge in [0, 0.05) is 31.0 Å². The molecule has 7 nitrogen and oxygen atoms in total. The Morgan fingerprint density at radius 1 is 1.81 bits per heavy atom. The van der Waals surface area contributed by atoms with Crippen LogP contribution < -0.4 is 5.32 Å². The van der Waals surface area contributed by atoms with Gasteiger partial charge in [-0.05, 0) is 18.9 Å². The number of carboxylic acid groups (broad SMARTS) is 1. The molecule has 1 heterocycles. The third-order valence-electron chi connectivity index (χ3n) is 2.71. The number of ether oxygens (including phenoxy) is 1. The summed E-state index contributed by atoms with van der Waals surface area (Å²) < 4.78 is 5.33. The van der Waals surface area contributed by atoms with Crippen LogP contribution in [-0.4, -0.2) is 42.4 Å². The van der Waals surface area contributed by atoms with Gasteiger partial charge < -0.3 is 15.2 Å². The zero-order valence-electron chi connectivity index (χ0n) is 9.22. The van der Waals surface area contributed by atoms with Crippen molar-refractivity contribution in [2.24, 2.45) is 5.11 Å². The topological polar surface area (TPSA) is 107 Å². The highest BCUT2D eigenvalue weighted by molar-refractivity contribution is 5.79. The van der Waals surface area contributed by atoms with Crippen LogP contribution in [-0.2, 0) is 9.53 Å². The van der Waals surface area contributed by atoms with E-state index in [1.807, 2.05) is 6.92 Å². The predicted molar refractivity (Wildman–Crippen MR) is 57.0 cm³/mol. The quantitative estimate of drug-likeness (QED) is 0.315. The molecule has 0 aromatic heterocycles. The molecule has 2 unspecified atom stereocenters. The minimum atomic E-state index is -0.942. The zero-order valence-corrected chi connectivity index (χ0v) is 9.22. The number of azide groups is 1. The second-order valence-corrected chi connectivity index (χ2v) is 3.90. The third kappa shape index (κ3) is 3.10. The van der Waals surface area contributed by atoms with Gasteiger partial charge in [-0.3, -0.25) is 4.79 Å². The molecular weight excluding hydrogens is 212 g/mol. The van der Waals surface area contributed by atoms with E-state index in [4.69, 9.17) is 10.3 Å². The van der Waals surface area contributed by atoms with Gasteiger partial charge in [0.15, 0.2) is 0 Å². The monoisotopic (exact) mass is 228 g/mol. The fourth-order valence-corrected chi connectivity index (χ4v) is 1.91. The molecule has 0 aromatic rings. The van der Waals surface area contributed by atoms with Crippen LogP contribution in [0.4, 0.5) is 0 Å². The summed E-state index contributed by atoms with van der Waals surface area (Å²) in [6.07, 6.45) is 0.790. The van der Waals surface area contributed by atoms with E-state index < -0.39 is 11.5 Å². The van der Waals surface area contributed by atoms with Crippen molar-refractivity contribution in [1.82, 2.24) is 5.32 Å². The highest BCUT2D eigenvalue weighted by atomic mass is 16.5. The number of aliphatic carboxylic acids is 1. The van der Waals surface area contributed by atoms with Crippen LogP contribution in [0.1, 0.15) is 19.8 Å². The molecule has 0 saturated carbocycles. The first-order chi connectivity index (χ1) is 7.60. The second kappa shape index (κ2) is 5.69. The predicted octanol–water partition coefficient (Wildman–Crippen LogP) is 0.909. The molecule has 1 aliphatic rings. The van der Waals surface area contributed by atoms with Crippen molar-refractivity contribution in [2.75, 3.05) is 19.7 Å². The Morgan fingerprint density at radius 2 is 2.56 bits per heavy atom. The van der Waals surface area contributed by atoms with Crippen LogP contribution in [0.5, 0.6) is 0 Å². The van der Waals surface area contributed by atoms with Gasteiger partial charge in [-0.25, -0.2) is 0 Å². The van der Waals surface area contributed by atoms with Gasteiger partial charge in [0.1, 0.15) is 5.54 Å². The van der Waals surface area contributed by atoms with Gasteiger partial charge in [-0.15, -0.1) is 0 Å². The van der Waals surface area contributed by atoms with Gasteiger partial charge in [0.05, 0.1) is 6.10 Å². The Labute approximate surface area is 93.4 Å². The van der Waals surface area contributed by atoms with Crippen LogP contribution >= 0.6 is 0 Å². The van der Waals surface area contributed by atoms with Crippen molar-refractivity contribution in [3.05, 3.63) is 10.4 Å². The van der Waals surface area contributed by atoms with Gasteiger partial charge >= 0.3 is 5.97 Å². The lowest BCUT2D eigenvalue weighted by molar-refractivity contribution is -0.151. The number of nitrogens with one attached hydrogen (secondary N) is 1. The van der Waals surface area contributed by atoms with Crippen LogP contribution in [0.2, 0.25) is 0 Å². The first-order valence-corrected chi connectivity index (χ1v) is 5.21.